The first-order valence-electron chi connectivity index (χ1n) is 12.8. The second-order valence-electron chi connectivity index (χ2n) is 11.3. The van der Waals surface area contributed by atoms with E-state index in [0.717, 1.165) is 16.2 Å². The number of aromatic nitrogens is 1. The van der Waals surface area contributed by atoms with Gasteiger partial charge in [-0.25, -0.2) is 14.6 Å². The number of carbonyl (C=O) groups excluding carboxylic acids is 5. The molecule has 0 saturated carbocycles. The molecule has 0 aliphatic carbocycles. The van der Waals surface area contributed by atoms with Gasteiger partial charge in [0.2, 0.25) is 12.2 Å². The first-order chi connectivity index (χ1) is 19.4. The molecule has 3 rings (SSSR count). The predicted molar refractivity (Wildman–Crippen MR) is 155 cm³/mol. The van der Waals surface area contributed by atoms with E-state index >= 15 is 0 Å². The molecule has 0 radical (unpaired) electrons. The maximum Gasteiger partial charge on any atom is 0.413 e. The number of amides is 3. The number of rotatable bonds is 8. The minimum Gasteiger partial charge on any atom is -0.614 e. The summed E-state index contributed by atoms with van der Waals surface area (Å²) in [5, 5.41) is 5.62. The number of nitrogens with one attached hydrogen (secondary N) is 2. The third kappa shape index (κ3) is 7.82. The van der Waals surface area contributed by atoms with E-state index in [0.29, 0.717) is 6.42 Å². The average molecular weight is 645 g/mol. The fourth-order valence-corrected chi connectivity index (χ4v) is 6.40. The van der Waals surface area contributed by atoms with Gasteiger partial charge in [-0.15, -0.1) is 11.3 Å². The maximum atomic E-state index is 13.3. The lowest BCUT2D eigenvalue weighted by atomic mass is 9.98. The Kier molecular flexibility index (Phi) is 10.3. The van der Waals surface area contributed by atoms with Crippen LogP contribution in [0.25, 0.3) is 5.57 Å². The van der Waals surface area contributed by atoms with Crippen molar-refractivity contribution in [2.24, 2.45) is 5.41 Å². The summed E-state index contributed by atoms with van der Waals surface area (Å²) < 4.78 is 28.0. The average Bonchev–Trinajstić information content (AvgIpc) is 3.31. The number of nitrogens with zero attached hydrogens (tertiary/aromatic N) is 2. The van der Waals surface area contributed by atoms with Gasteiger partial charge in [0, 0.05) is 5.38 Å². The summed E-state index contributed by atoms with van der Waals surface area (Å²) in [6.45, 7) is 11.1. The van der Waals surface area contributed by atoms with Gasteiger partial charge >= 0.3 is 18.0 Å². The number of hydrogen-bond donors (Lipinski definition) is 2. The Morgan fingerprint density at radius 3 is 2.48 bits per heavy atom. The zero-order valence-electron chi connectivity index (χ0n) is 24.2. The summed E-state index contributed by atoms with van der Waals surface area (Å²) in [4.78, 5) is 68.4. The third-order valence-electron chi connectivity index (χ3n) is 5.59. The Balaban J connectivity index is 1.70. The van der Waals surface area contributed by atoms with E-state index in [1.54, 1.807) is 59.9 Å². The van der Waals surface area contributed by atoms with Crippen LogP contribution in [0.15, 0.2) is 22.2 Å². The number of hydrogen-bond acceptors (Lipinski definition) is 11. The van der Waals surface area contributed by atoms with E-state index in [-0.39, 0.29) is 32.9 Å². The number of esters is 2. The minimum atomic E-state index is -1.75. The van der Waals surface area contributed by atoms with Gasteiger partial charge < -0.3 is 24.1 Å². The topological polar surface area (TPSA) is 176 Å². The van der Waals surface area contributed by atoms with E-state index in [2.05, 4.69) is 15.6 Å². The molecule has 230 valence electrons. The molecule has 3 atom stereocenters. The molecule has 1 aromatic rings. The minimum absolute atomic E-state index is 0.132. The normalized spacial score (nSPS) is 20.8. The quantitative estimate of drug-likeness (QED) is 0.140. The molecule has 16 heteroatoms. The lowest BCUT2D eigenvalue weighted by molar-refractivity contribution is -0.173. The first-order valence-corrected chi connectivity index (χ1v) is 15.5. The van der Waals surface area contributed by atoms with Gasteiger partial charge in [-0.1, -0.05) is 24.6 Å². The lowest BCUT2D eigenvalue weighted by Gasteiger charge is -2.48. The first kappa shape index (κ1) is 33.4. The number of β-lactam (4-membered cyclic amide) rings is 1. The Morgan fingerprint density at radius 2 is 1.88 bits per heavy atom. The molecule has 1 fully saturated rings. The highest BCUT2D eigenvalue weighted by atomic mass is 35.5. The molecule has 0 aromatic carbocycles. The number of fused-ring (bicyclic) bond motifs is 1. The highest BCUT2D eigenvalue weighted by molar-refractivity contribution is 7.92. The molecule has 1 saturated heterocycles. The van der Waals surface area contributed by atoms with Crippen LogP contribution >= 0.6 is 22.9 Å². The molecule has 42 heavy (non-hydrogen) atoms. The van der Waals surface area contributed by atoms with Crippen LogP contribution in [-0.4, -0.2) is 73.8 Å². The number of anilines is 1. The zero-order chi connectivity index (χ0) is 31.6. The van der Waals surface area contributed by atoms with Gasteiger partial charge in [-0.2, -0.15) is 0 Å². The standard InChI is InChI=1S/C26H33ClN4O9S2/c1-8-9-13(15-10-41-23(28-15)30-24(36)40-26(5,6)7)18(32)29-16-19(33)31-17(14(27)11-42(37)20(16)31)21(34)38-12-39-22(35)25(2,3)4/h9-10,16,20H,8,11-12H2,1-7H3,(H,29,32)(H,28,30,36)/b13-9-/t16-,20-,42?/m1/s1. The van der Waals surface area contributed by atoms with E-state index in [1.165, 1.54) is 0 Å². The Bertz CT molecular complexity index is 1330. The number of ether oxygens (including phenoxy) is 3. The van der Waals surface area contributed by atoms with Crippen LogP contribution in [0.2, 0.25) is 0 Å². The molecule has 3 heterocycles. The summed E-state index contributed by atoms with van der Waals surface area (Å²) in [6.07, 6.45) is 1.34. The van der Waals surface area contributed by atoms with Crippen molar-refractivity contribution in [3.8, 4) is 0 Å². The van der Waals surface area contributed by atoms with Crippen LogP contribution in [-0.2, 0) is 44.6 Å². The van der Waals surface area contributed by atoms with Crippen LogP contribution in [0.5, 0.6) is 0 Å². The van der Waals surface area contributed by atoms with Gasteiger partial charge in [0.25, 0.3) is 11.8 Å². The summed E-state index contributed by atoms with van der Waals surface area (Å²) in [6, 6.07) is -1.22. The molecular formula is C26H33ClN4O9S2. The van der Waals surface area contributed by atoms with Crippen LogP contribution in [0.1, 0.15) is 60.6 Å². The molecule has 1 aromatic heterocycles. The lowest BCUT2D eigenvalue weighted by Crippen LogP contribution is -2.74. The molecule has 2 N–H and O–H groups in total. The van der Waals surface area contributed by atoms with Crippen LogP contribution in [0.3, 0.4) is 0 Å². The SMILES string of the molecule is CC/C=C(\C(=O)N[C@@H]1C(=O)N2C(C(=O)OCOC(=O)C(C)(C)C)=C(Cl)C[S+]([O-])[C@H]12)c1csc(NC(=O)OC(C)(C)C)n1. The Hall–Kier alpha value is -3.14. The fourth-order valence-electron chi connectivity index (χ4n) is 3.73. The predicted octanol–water partition coefficient (Wildman–Crippen LogP) is 3.24. The van der Waals surface area contributed by atoms with Crippen LogP contribution < -0.4 is 10.6 Å². The second-order valence-corrected chi connectivity index (χ2v) is 14.1. The number of halogens is 1. The zero-order valence-corrected chi connectivity index (χ0v) is 26.6. The maximum absolute atomic E-state index is 13.3. The summed E-state index contributed by atoms with van der Waals surface area (Å²) in [5.41, 5.74) is -1.49. The molecule has 3 amide bonds. The van der Waals surface area contributed by atoms with Crippen molar-refractivity contribution in [3.63, 3.8) is 0 Å². The molecule has 2 aliphatic heterocycles. The Labute approximate surface area is 255 Å². The smallest absolute Gasteiger partial charge is 0.413 e. The van der Waals surface area contributed by atoms with Crippen molar-refractivity contribution in [1.82, 2.24) is 15.2 Å². The van der Waals surface area contributed by atoms with Crippen molar-refractivity contribution in [2.45, 2.75) is 71.9 Å². The summed E-state index contributed by atoms with van der Waals surface area (Å²) in [5.74, 6) is -3.29. The van der Waals surface area contributed by atoms with Gasteiger partial charge in [0.15, 0.2) is 16.9 Å². The molecule has 13 nitrogen and oxygen atoms in total. The van der Waals surface area contributed by atoms with E-state index in [9.17, 15) is 28.5 Å². The van der Waals surface area contributed by atoms with E-state index < -0.39 is 70.2 Å². The summed E-state index contributed by atoms with van der Waals surface area (Å²) in [7, 11) is 0. The van der Waals surface area contributed by atoms with E-state index in [4.69, 9.17) is 25.8 Å². The third-order valence-corrected chi connectivity index (χ3v) is 8.42. The molecule has 0 spiro atoms. The Morgan fingerprint density at radius 1 is 1.21 bits per heavy atom. The van der Waals surface area contributed by atoms with Crippen molar-refractivity contribution in [2.75, 3.05) is 17.9 Å². The van der Waals surface area contributed by atoms with E-state index in [1.807, 2.05) is 0 Å². The van der Waals surface area contributed by atoms with Crippen LogP contribution in [0.4, 0.5) is 9.93 Å². The number of thiazole rings is 1. The number of allylic oxidation sites excluding steroid dienone is 1. The highest BCUT2D eigenvalue weighted by Gasteiger charge is 2.61. The number of carbonyl (C=O) groups is 5. The van der Waals surface area contributed by atoms with Crippen molar-refractivity contribution in [1.29, 1.82) is 0 Å². The monoisotopic (exact) mass is 644 g/mol. The van der Waals surface area contributed by atoms with Gasteiger partial charge in [0.1, 0.15) is 11.4 Å². The van der Waals surface area contributed by atoms with Crippen molar-refractivity contribution in [3.05, 3.63) is 27.9 Å². The van der Waals surface area contributed by atoms with Crippen molar-refractivity contribution < 1.29 is 42.7 Å². The fraction of sp³-hybridized carbons (Fsp3) is 0.538. The van der Waals surface area contributed by atoms with Gasteiger partial charge in [-0.3, -0.25) is 24.6 Å². The second kappa shape index (κ2) is 13.0. The molecular weight excluding hydrogens is 612 g/mol. The van der Waals surface area contributed by atoms with Crippen LogP contribution in [0, 0.1) is 5.41 Å². The van der Waals surface area contributed by atoms with Crippen molar-refractivity contribution >= 4 is 74.7 Å². The largest absolute Gasteiger partial charge is 0.614 e. The molecule has 2 aliphatic rings. The van der Waals surface area contributed by atoms with Gasteiger partial charge in [-0.05, 0) is 59.1 Å². The van der Waals surface area contributed by atoms with Gasteiger partial charge in [0.05, 0.1) is 21.7 Å². The summed E-state index contributed by atoms with van der Waals surface area (Å²) >= 11 is 5.51. The molecule has 1 unspecified atom stereocenters. The highest BCUT2D eigenvalue weighted by Crippen LogP contribution is 2.38. The molecule has 0 bridgehead atoms.